The maximum atomic E-state index is 12.3. The smallest absolute Gasteiger partial charge is 0.249 e. The minimum atomic E-state index is -0.697. The molecule has 3 heterocycles. The van der Waals surface area contributed by atoms with Gasteiger partial charge in [-0.2, -0.15) is 0 Å². The van der Waals surface area contributed by atoms with E-state index in [2.05, 4.69) is 5.32 Å². The van der Waals surface area contributed by atoms with Crippen LogP contribution in [0.25, 0.3) is 0 Å². The normalized spacial score (nSPS) is 31.8. The first-order valence-corrected chi connectivity index (χ1v) is 5.60. The highest BCUT2D eigenvalue weighted by Crippen LogP contribution is 2.30. The molecule has 2 saturated heterocycles. The number of piperazine rings is 1. The van der Waals surface area contributed by atoms with Gasteiger partial charge in [-0.3, -0.25) is 9.59 Å². The zero-order valence-electron chi connectivity index (χ0n) is 8.94. The summed E-state index contributed by atoms with van der Waals surface area (Å²) < 4.78 is 5.25. The molecular weight excluding hydrogens is 208 g/mol. The third-order valence-corrected chi connectivity index (χ3v) is 3.60. The van der Waals surface area contributed by atoms with E-state index in [0.29, 0.717) is 32.6 Å². The standard InChI is InChI=1S/C11H14N2O3/c14-9-8-2-1-5-13(8)10(15)11(12-9)3-6-16-7-4-11/h1-2,8H,3-7H2,(H,12,14). The van der Waals surface area contributed by atoms with E-state index >= 15 is 0 Å². The lowest BCUT2D eigenvalue weighted by molar-refractivity contribution is -0.155. The van der Waals surface area contributed by atoms with Gasteiger partial charge in [-0.15, -0.1) is 0 Å². The first-order valence-electron chi connectivity index (χ1n) is 5.60. The zero-order valence-corrected chi connectivity index (χ0v) is 8.94. The third kappa shape index (κ3) is 1.21. The Kier molecular flexibility index (Phi) is 2.04. The van der Waals surface area contributed by atoms with Crippen molar-refractivity contribution in [3.8, 4) is 0 Å². The molecule has 2 fully saturated rings. The molecule has 3 aliphatic heterocycles. The van der Waals surface area contributed by atoms with Crippen LogP contribution in [0.4, 0.5) is 0 Å². The molecule has 3 aliphatic rings. The lowest BCUT2D eigenvalue weighted by atomic mass is 9.85. The van der Waals surface area contributed by atoms with Gasteiger partial charge in [0.25, 0.3) is 0 Å². The maximum absolute atomic E-state index is 12.3. The molecule has 0 saturated carbocycles. The molecule has 1 spiro atoms. The second kappa shape index (κ2) is 3.31. The zero-order chi connectivity index (χ0) is 11.2. The van der Waals surface area contributed by atoms with Gasteiger partial charge in [0, 0.05) is 32.6 Å². The van der Waals surface area contributed by atoms with Crippen LogP contribution in [0.2, 0.25) is 0 Å². The predicted molar refractivity (Wildman–Crippen MR) is 55.6 cm³/mol. The van der Waals surface area contributed by atoms with E-state index in [1.807, 2.05) is 6.08 Å². The van der Waals surface area contributed by atoms with Gasteiger partial charge in [0.2, 0.25) is 11.8 Å². The summed E-state index contributed by atoms with van der Waals surface area (Å²) in [4.78, 5) is 25.9. The minimum Gasteiger partial charge on any atom is -0.381 e. The summed E-state index contributed by atoms with van der Waals surface area (Å²) in [5.41, 5.74) is -0.697. The first kappa shape index (κ1) is 9.84. The number of carbonyl (C=O) groups is 2. The Morgan fingerprint density at radius 3 is 2.88 bits per heavy atom. The third-order valence-electron chi connectivity index (χ3n) is 3.60. The molecule has 5 nitrogen and oxygen atoms in total. The summed E-state index contributed by atoms with van der Waals surface area (Å²) >= 11 is 0. The van der Waals surface area contributed by atoms with Crippen LogP contribution in [-0.2, 0) is 14.3 Å². The second-order valence-corrected chi connectivity index (χ2v) is 4.51. The Morgan fingerprint density at radius 2 is 2.12 bits per heavy atom. The highest BCUT2D eigenvalue weighted by molar-refractivity contribution is 6.01. The molecule has 2 amide bonds. The fourth-order valence-corrected chi connectivity index (χ4v) is 2.66. The Morgan fingerprint density at radius 1 is 1.38 bits per heavy atom. The fourth-order valence-electron chi connectivity index (χ4n) is 2.66. The topological polar surface area (TPSA) is 58.6 Å². The average molecular weight is 222 g/mol. The Bertz CT molecular complexity index is 371. The van der Waals surface area contributed by atoms with Gasteiger partial charge in [-0.05, 0) is 0 Å². The van der Waals surface area contributed by atoms with Crippen molar-refractivity contribution in [2.45, 2.75) is 24.4 Å². The number of amides is 2. The molecule has 0 aromatic rings. The predicted octanol–water partition coefficient (Wildman–Crippen LogP) is -0.568. The van der Waals surface area contributed by atoms with E-state index in [0.717, 1.165) is 0 Å². The molecule has 0 bridgehead atoms. The number of hydrogen-bond acceptors (Lipinski definition) is 3. The van der Waals surface area contributed by atoms with Crippen LogP contribution in [0.1, 0.15) is 12.8 Å². The Balaban J connectivity index is 1.91. The van der Waals surface area contributed by atoms with Gasteiger partial charge >= 0.3 is 0 Å². The number of nitrogens with one attached hydrogen (secondary N) is 1. The molecule has 16 heavy (non-hydrogen) atoms. The Labute approximate surface area is 93.4 Å². The summed E-state index contributed by atoms with van der Waals surface area (Å²) in [7, 11) is 0. The SMILES string of the molecule is O=C1NC2(CCOCC2)C(=O)N2CC=CC12. The first-order chi connectivity index (χ1) is 7.73. The Hall–Kier alpha value is -1.36. The molecule has 1 unspecified atom stereocenters. The van der Waals surface area contributed by atoms with Crippen molar-refractivity contribution >= 4 is 11.8 Å². The summed E-state index contributed by atoms with van der Waals surface area (Å²) in [6, 6.07) is -0.388. The molecule has 3 rings (SSSR count). The van der Waals surface area contributed by atoms with Crippen molar-refractivity contribution in [1.29, 1.82) is 0 Å². The van der Waals surface area contributed by atoms with Crippen LogP contribution in [0.3, 0.4) is 0 Å². The van der Waals surface area contributed by atoms with Crippen LogP contribution in [-0.4, -0.2) is 48.1 Å². The van der Waals surface area contributed by atoms with Crippen LogP contribution >= 0.6 is 0 Å². The minimum absolute atomic E-state index is 0.0467. The van der Waals surface area contributed by atoms with Crippen molar-refractivity contribution in [1.82, 2.24) is 10.2 Å². The maximum Gasteiger partial charge on any atom is 0.249 e. The molecule has 5 heteroatoms. The number of hydrogen-bond donors (Lipinski definition) is 1. The molecule has 0 radical (unpaired) electrons. The van der Waals surface area contributed by atoms with Crippen LogP contribution in [0.15, 0.2) is 12.2 Å². The number of fused-ring (bicyclic) bond motifs is 1. The quantitative estimate of drug-likeness (QED) is 0.558. The van der Waals surface area contributed by atoms with E-state index in [-0.39, 0.29) is 17.9 Å². The lowest BCUT2D eigenvalue weighted by Gasteiger charge is -2.45. The van der Waals surface area contributed by atoms with Gasteiger partial charge in [0.05, 0.1) is 0 Å². The van der Waals surface area contributed by atoms with E-state index in [1.54, 1.807) is 11.0 Å². The molecule has 86 valence electrons. The number of rotatable bonds is 0. The van der Waals surface area contributed by atoms with E-state index in [4.69, 9.17) is 4.74 Å². The molecular formula is C11H14N2O3. The molecule has 0 aromatic heterocycles. The van der Waals surface area contributed by atoms with E-state index < -0.39 is 5.54 Å². The van der Waals surface area contributed by atoms with E-state index in [1.165, 1.54) is 0 Å². The van der Waals surface area contributed by atoms with Crippen molar-refractivity contribution in [2.75, 3.05) is 19.8 Å². The lowest BCUT2D eigenvalue weighted by Crippen LogP contribution is -2.70. The molecule has 0 aromatic carbocycles. The highest BCUT2D eigenvalue weighted by atomic mass is 16.5. The summed E-state index contributed by atoms with van der Waals surface area (Å²) in [6.07, 6.45) is 4.83. The van der Waals surface area contributed by atoms with Gasteiger partial charge in [0.1, 0.15) is 11.6 Å². The fraction of sp³-hybridized carbons (Fsp3) is 0.636. The van der Waals surface area contributed by atoms with Crippen molar-refractivity contribution in [3.63, 3.8) is 0 Å². The van der Waals surface area contributed by atoms with Gasteiger partial charge in [-0.1, -0.05) is 12.2 Å². The van der Waals surface area contributed by atoms with Gasteiger partial charge in [-0.25, -0.2) is 0 Å². The number of nitrogens with zero attached hydrogens (tertiary/aromatic N) is 1. The summed E-state index contributed by atoms with van der Waals surface area (Å²) in [6.45, 7) is 1.63. The molecule has 1 atom stereocenters. The molecule has 1 N–H and O–H groups in total. The van der Waals surface area contributed by atoms with Gasteiger partial charge < -0.3 is 15.0 Å². The number of carbonyl (C=O) groups excluding carboxylic acids is 2. The molecule has 0 aliphatic carbocycles. The summed E-state index contributed by atoms with van der Waals surface area (Å²) in [5, 5.41) is 2.89. The monoisotopic (exact) mass is 222 g/mol. The van der Waals surface area contributed by atoms with Crippen molar-refractivity contribution in [3.05, 3.63) is 12.2 Å². The van der Waals surface area contributed by atoms with Gasteiger partial charge in [0.15, 0.2) is 0 Å². The summed E-state index contributed by atoms with van der Waals surface area (Å²) in [5.74, 6) is -0.0133. The van der Waals surface area contributed by atoms with Crippen LogP contribution in [0, 0.1) is 0 Å². The van der Waals surface area contributed by atoms with Crippen LogP contribution < -0.4 is 5.32 Å². The average Bonchev–Trinajstić information content (AvgIpc) is 2.77. The van der Waals surface area contributed by atoms with E-state index in [9.17, 15) is 9.59 Å². The van der Waals surface area contributed by atoms with Crippen molar-refractivity contribution < 1.29 is 14.3 Å². The number of ether oxygens (including phenoxy) is 1. The largest absolute Gasteiger partial charge is 0.381 e. The van der Waals surface area contributed by atoms with Crippen LogP contribution in [0.5, 0.6) is 0 Å². The van der Waals surface area contributed by atoms with Crippen molar-refractivity contribution in [2.24, 2.45) is 0 Å². The highest BCUT2D eigenvalue weighted by Gasteiger charge is 2.51. The second-order valence-electron chi connectivity index (χ2n) is 4.51.